The molecule has 13 heteroatoms. The molecule has 0 atom stereocenters. The van der Waals surface area contributed by atoms with Crippen LogP contribution in [0, 0.1) is 29.6 Å². The number of benzene rings is 4. The van der Waals surface area contributed by atoms with E-state index in [9.17, 15) is 20.0 Å². The summed E-state index contributed by atoms with van der Waals surface area (Å²) in [7, 11) is 5.46. The van der Waals surface area contributed by atoms with Crippen LogP contribution in [-0.2, 0) is 22.7 Å². The van der Waals surface area contributed by atoms with Gasteiger partial charge in [-0.25, -0.2) is 9.67 Å². The number of nitriles is 1. The predicted molar refractivity (Wildman–Crippen MR) is 231 cm³/mol. The number of aromatic nitrogens is 3. The van der Waals surface area contributed by atoms with Gasteiger partial charge in [-0.2, -0.15) is 10.4 Å². The molecule has 314 valence electrons. The standard InChI is InChI=1S/C48H51N7O6/c1-29-36(8-6-9-37(29)47-51-41-17-32(16-33(21-49)46(41)61-47)23-52(3)34-14-12-31(13-15-34)18-45(57)58)38-10-7-11-42-39(38)22-50-55(42)35-19-43(59-4)40(44(20-35)60-5)24-53-25-48(26-53)27-54(28-48)30(2)56/h6-11,16-17,19-20,22,31,34H,12-15,18,23-28H2,1-5H3,(H,57,58). The molecule has 1 amide bonds. The number of carboxylic acids is 1. The van der Waals surface area contributed by atoms with Gasteiger partial charge in [-0.15, -0.1) is 0 Å². The highest BCUT2D eigenvalue weighted by atomic mass is 16.5. The average Bonchev–Trinajstić information content (AvgIpc) is 3.86. The van der Waals surface area contributed by atoms with Gasteiger partial charge in [0, 0.05) is 87.2 Å². The first-order chi connectivity index (χ1) is 29.5. The van der Waals surface area contributed by atoms with Gasteiger partial charge in [0.1, 0.15) is 23.1 Å². The van der Waals surface area contributed by atoms with Gasteiger partial charge in [0.2, 0.25) is 11.8 Å². The molecule has 1 N–H and O–H groups in total. The van der Waals surface area contributed by atoms with Gasteiger partial charge in [-0.05, 0) is 92.1 Å². The number of oxazole rings is 1. The van der Waals surface area contributed by atoms with E-state index >= 15 is 0 Å². The van der Waals surface area contributed by atoms with Crippen molar-refractivity contribution in [2.45, 2.75) is 65.1 Å². The van der Waals surface area contributed by atoms with Gasteiger partial charge in [0.15, 0.2) is 5.58 Å². The number of aliphatic carboxylic acids is 1. The fourth-order valence-electron chi connectivity index (χ4n) is 10.2. The van der Waals surface area contributed by atoms with Crippen LogP contribution in [-0.4, -0.2) is 99.9 Å². The van der Waals surface area contributed by atoms with Crippen molar-refractivity contribution in [1.29, 1.82) is 5.26 Å². The third kappa shape index (κ3) is 7.48. The summed E-state index contributed by atoms with van der Waals surface area (Å²) in [6, 6.07) is 22.9. The maximum atomic E-state index is 11.8. The Bertz CT molecular complexity index is 2680. The largest absolute Gasteiger partial charge is 0.496 e. The van der Waals surface area contributed by atoms with Crippen molar-refractivity contribution >= 4 is 33.9 Å². The molecule has 13 nitrogen and oxygen atoms in total. The van der Waals surface area contributed by atoms with Crippen LogP contribution in [0.2, 0.25) is 0 Å². The molecule has 6 aromatic rings. The number of likely N-dealkylation sites (tertiary alicyclic amines) is 2. The molecule has 0 unspecified atom stereocenters. The number of carbonyl (C=O) groups excluding carboxylic acids is 1. The Morgan fingerprint density at radius 3 is 2.33 bits per heavy atom. The summed E-state index contributed by atoms with van der Waals surface area (Å²) in [6.45, 7) is 8.56. The van der Waals surface area contributed by atoms with E-state index in [2.05, 4.69) is 48.0 Å². The van der Waals surface area contributed by atoms with E-state index in [1.807, 2.05) is 58.2 Å². The molecule has 2 aromatic heterocycles. The summed E-state index contributed by atoms with van der Waals surface area (Å²) in [5.74, 6) is 1.57. The number of ether oxygens (including phenoxy) is 2. The highest BCUT2D eigenvalue weighted by Gasteiger charge is 2.52. The number of nitrogens with zero attached hydrogens (tertiary/aromatic N) is 7. The Morgan fingerprint density at radius 2 is 1.66 bits per heavy atom. The van der Waals surface area contributed by atoms with E-state index in [1.165, 1.54) is 0 Å². The first-order valence-corrected chi connectivity index (χ1v) is 21.0. The number of fused-ring (bicyclic) bond motifs is 2. The SMILES string of the molecule is COc1cc(-n2ncc3c(-c4cccc(-c5nc6cc(CN(C)C7CCC(CC(=O)O)CC7)cc(C#N)c6o5)c4C)cccc32)cc(OC)c1CN1CC2(C1)CN(C(C)=O)C2. The minimum Gasteiger partial charge on any atom is -0.496 e. The van der Waals surface area contributed by atoms with Gasteiger partial charge in [0.05, 0.1) is 42.7 Å². The Morgan fingerprint density at radius 1 is 0.967 bits per heavy atom. The van der Waals surface area contributed by atoms with Crippen molar-refractivity contribution < 1.29 is 28.6 Å². The molecule has 1 spiro atoms. The zero-order chi connectivity index (χ0) is 42.6. The Hall–Kier alpha value is -6.23. The highest BCUT2D eigenvalue weighted by Crippen LogP contribution is 2.43. The van der Waals surface area contributed by atoms with Crippen LogP contribution in [0.4, 0.5) is 0 Å². The van der Waals surface area contributed by atoms with Gasteiger partial charge in [0.25, 0.3) is 0 Å². The van der Waals surface area contributed by atoms with E-state index < -0.39 is 5.97 Å². The number of hydrogen-bond donors (Lipinski definition) is 1. The molecule has 4 heterocycles. The number of amides is 1. The van der Waals surface area contributed by atoms with Crippen LogP contribution in [0.5, 0.6) is 11.5 Å². The Kier molecular flexibility index (Phi) is 10.5. The van der Waals surface area contributed by atoms with E-state index in [0.717, 1.165) is 113 Å². The van der Waals surface area contributed by atoms with Gasteiger partial charge in [-0.1, -0.05) is 24.3 Å². The van der Waals surface area contributed by atoms with Gasteiger partial charge >= 0.3 is 5.97 Å². The lowest BCUT2D eigenvalue weighted by molar-refractivity contribution is -0.157. The summed E-state index contributed by atoms with van der Waals surface area (Å²) in [5, 5.41) is 25.3. The van der Waals surface area contributed by atoms with Gasteiger partial charge < -0.3 is 23.9 Å². The number of methoxy groups -OCH3 is 2. The summed E-state index contributed by atoms with van der Waals surface area (Å²) >= 11 is 0. The summed E-state index contributed by atoms with van der Waals surface area (Å²) in [6.07, 6.45) is 5.88. The fraction of sp³-hybridized carbons (Fsp3) is 0.396. The molecule has 61 heavy (non-hydrogen) atoms. The second-order valence-corrected chi connectivity index (χ2v) is 17.4. The minimum absolute atomic E-state index is 0.141. The number of rotatable bonds is 12. The number of carboxylic acid groups (broad SMARTS) is 1. The molecular weight excluding hydrogens is 771 g/mol. The minimum atomic E-state index is -0.722. The summed E-state index contributed by atoms with van der Waals surface area (Å²) in [5.41, 5.74) is 9.33. The second kappa shape index (κ2) is 16.0. The van der Waals surface area contributed by atoms with Gasteiger partial charge in [-0.3, -0.25) is 19.4 Å². The average molecular weight is 822 g/mol. The van der Waals surface area contributed by atoms with E-state index in [4.69, 9.17) is 24.0 Å². The molecule has 3 aliphatic rings. The highest BCUT2D eigenvalue weighted by molar-refractivity contribution is 5.97. The summed E-state index contributed by atoms with van der Waals surface area (Å²) in [4.78, 5) is 34.5. The molecule has 2 aliphatic heterocycles. The first kappa shape index (κ1) is 40.2. The maximum Gasteiger partial charge on any atom is 0.303 e. The molecule has 1 aliphatic carbocycles. The Labute approximate surface area is 355 Å². The lowest BCUT2D eigenvalue weighted by Crippen LogP contribution is -2.72. The predicted octanol–water partition coefficient (Wildman–Crippen LogP) is 7.83. The smallest absolute Gasteiger partial charge is 0.303 e. The monoisotopic (exact) mass is 821 g/mol. The lowest BCUT2D eigenvalue weighted by atomic mass is 9.72. The molecular formula is C48H51N7O6. The van der Waals surface area contributed by atoms with Crippen molar-refractivity contribution in [3.63, 3.8) is 0 Å². The van der Waals surface area contributed by atoms with E-state index in [1.54, 1.807) is 21.1 Å². The second-order valence-electron chi connectivity index (χ2n) is 17.4. The van der Waals surface area contributed by atoms with Crippen molar-refractivity contribution in [3.8, 4) is 45.8 Å². The van der Waals surface area contributed by atoms with Crippen LogP contribution in [0.3, 0.4) is 0 Å². The molecule has 1 saturated carbocycles. The van der Waals surface area contributed by atoms with Crippen LogP contribution in [0.1, 0.15) is 61.3 Å². The molecule has 0 radical (unpaired) electrons. The topological polar surface area (TPSA) is 150 Å². The van der Waals surface area contributed by atoms with E-state index in [0.29, 0.717) is 41.7 Å². The Balaban J connectivity index is 0.967. The van der Waals surface area contributed by atoms with Crippen LogP contribution in [0.25, 0.3) is 50.3 Å². The van der Waals surface area contributed by atoms with Crippen LogP contribution in [0.15, 0.2) is 71.3 Å². The molecule has 4 aromatic carbocycles. The van der Waals surface area contributed by atoms with E-state index in [-0.39, 0.29) is 23.7 Å². The van der Waals surface area contributed by atoms with Crippen LogP contribution >= 0.6 is 0 Å². The van der Waals surface area contributed by atoms with Crippen LogP contribution < -0.4 is 9.47 Å². The number of carbonyl (C=O) groups is 2. The van der Waals surface area contributed by atoms with Crippen molar-refractivity contribution in [1.82, 2.24) is 29.5 Å². The third-order valence-electron chi connectivity index (χ3n) is 13.3. The maximum absolute atomic E-state index is 11.8. The normalized spacial score (nSPS) is 18.6. The lowest BCUT2D eigenvalue weighted by Gasteiger charge is -2.60. The quantitative estimate of drug-likeness (QED) is 0.129. The zero-order valence-corrected chi connectivity index (χ0v) is 35.4. The number of hydrogen-bond acceptors (Lipinski definition) is 10. The molecule has 0 bridgehead atoms. The zero-order valence-electron chi connectivity index (χ0n) is 35.4. The fourth-order valence-corrected chi connectivity index (χ4v) is 10.2. The van der Waals surface area contributed by atoms with Crippen molar-refractivity contribution in [2.75, 3.05) is 47.4 Å². The van der Waals surface area contributed by atoms with Crippen molar-refractivity contribution in [3.05, 3.63) is 89.1 Å². The molecule has 9 rings (SSSR count). The molecule has 3 fully saturated rings. The first-order valence-electron chi connectivity index (χ1n) is 21.0. The molecule has 2 saturated heterocycles. The summed E-state index contributed by atoms with van der Waals surface area (Å²) < 4.78 is 20.2. The van der Waals surface area contributed by atoms with Crippen molar-refractivity contribution in [2.24, 2.45) is 11.3 Å². The third-order valence-corrected chi connectivity index (χ3v) is 13.3.